The van der Waals surface area contributed by atoms with E-state index in [0.717, 1.165) is 25.1 Å². The Morgan fingerprint density at radius 1 is 1.60 bits per heavy atom. The van der Waals surface area contributed by atoms with E-state index in [-0.39, 0.29) is 5.91 Å². The quantitative estimate of drug-likeness (QED) is 0.652. The first-order chi connectivity index (χ1) is 7.22. The Morgan fingerprint density at radius 3 is 3.00 bits per heavy atom. The number of carbonyl (C=O) groups is 1. The molecular formula is C10H18N4O. The van der Waals surface area contributed by atoms with Gasteiger partial charge in [-0.15, -0.1) is 0 Å². The number of aryl methyl sites for hydroxylation is 1. The molecule has 0 fully saturated rings. The van der Waals surface area contributed by atoms with E-state index in [4.69, 9.17) is 0 Å². The van der Waals surface area contributed by atoms with Crippen molar-refractivity contribution in [1.29, 1.82) is 0 Å². The van der Waals surface area contributed by atoms with Crippen LogP contribution in [0.15, 0.2) is 12.4 Å². The van der Waals surface area contributed by atoms with Crippen LogP contribution in [0.3, 0.4) is 0 Å². The molecule has 0 atom stereocenters. The number of nitrogens with zero attached hydrogens (tertiary/aromatic N) is 2. The Bertz CT molecular complexity index is 308. The van der Waals surface area contributed by atoms with Gasteiger partial charge in [0.25, 0.3) is 0 Å². The normalized spacial score (nSPS) is 10.3. The molecule has 1 rings (SSSR count). The lowest BCUT2D eigenvalue weighted by Crippen LogP contribution is -2.20. The molecule has 0 aliphatic heterocycles. The van der Waals surface area contributed by atoms with Crippen LogP contribution >= 0.6 is 0 Å². The molecule has 0 aromatic carbocycles. The second kappa shape index (κ2) is 6.19. The fraction of sp³-hybridized carbons (Fsp3) is 0.600. The topological polar surface area (TPSA) is 59.0 Å². The Labute approximate surface area is 89.9 Å². The third kappa shape index (κ3) is 4.60. The van der Waals surface area contributed by atoms with E-state index in [2.05, 4.69) is 15.7 Å². The highest BCUT2D eigenvalue weighted by Gasteiger charge is 1.98. The molecule has 2 N–H and O–H groups in total. The first kappa shape index (κ1) is 11.7. The molecule has 5 heteroatoms. The first-order valence-corrected chi connectivity index (χ1v) is 5.11. The predicted octanol–water partition coefficient (Wildman–Crippen LogP) is 0.0359. The van der Waals surface area contributed by atoms with Gasteiger partial charge in [-0.05, 0) is 13.0 Å². The molecule has 0 saturated carbocycles. The summed E-state index contributed by atoms with van der Waals surface area (Å²) in [5, 5.41) is 9.93. The van der Waals surface area contributed by atoms with Crippen LogP contribution in [0.25, 0.3) is 0 Å². The Hall–Kier alpha value is -1.36. The zero-order valence-corrected chi connectivity index (χ0v) is 9.29. The van der Waals surface area contributed by atoms with Gasteiger partial charge in [-0.3, -0.25) is 9.48 Å². The van der Waals surface area contributed by atoms with E-state index in [1.807, 2.05) is 19.4 Å². The van der Waals surface area contributed by atoms with Gasteiger partial charge < -0.3 is 10.6 Å². The molecule has 1 heterocycles. The van der Waals surface area contributed by atoms with Gasteiger partial charge in [0, 0.05) is 38.8 Å². The SMILES string of the molecule is CNC(=O)CCCNCc1cnn(C)c1. The van der Waals surface area contributed by atoms with E-state index in [0.29, 0.717) is 6.42 Å². The van der Waals surface area contributed by atoms with Crippen molar-refractivity contribution in [2.75, 3.05) is 13.6 Å². The first-order valence-electron chi connectivity index (χ1n) is 5.11. The van der Waals surface area contributed by atoms with Gasteiger partial charge in [0.05, 0.1) is 6.20 Å². The highest BCUT2D eigenvalue weighted by atomic mass is 16.1. The van der Waals surface area contributed by atoms with Gasteiger partial charge in [-0.1, -0.05) is 0 Å². The lowest BCUT2D eigenvalue weighted by molar-refractivity contribution is -0.120. The summed E-state index contributed by atoms with van der Waals surface area (Å²) in [5.41, 5.74) is 1.16. The summed E-state index contributed by atoms with van der Waals surface area (Å²) >= 11 is 0. The minimum atomic E-state index is 0.0955. The molecule has 0 bridgehead atoms. The van der Waals surface area contributed by atoms with Crippen molar-refractivity contribution in [2.45, 2.75) is 19.4 Å². The molecule has 1 aromatic rings. The number of carbonyl (C=O) groups excluding carboxylic acids is 1. The second-order valence-corrected chi connectivity index (χ2v) is 3.48. The van der Waals surface area contributed by atoms with Crippen LogP contribution in [0, 0.1) is 0 Å². The molecule has 0 radical (unpaired) electrons. The van der Waals surface area contributed by atoms with Gasteiger partial charge in [-0.2, -0.15) is 5.10 Å². The van der Waals surface area contributed by atoms with Crippen LogP contribution in [-0.2, 0) is 18.4 Å². The number of aromatic nitrogens is 2. The van der Waals surface area contributed by atoms with Crippen LogP contribution in [0.1, 0.15) is 18.4 Å². The van der Waals surface area contributed by atoms with Gasteiger partial charge >= 0.3 is 0 Å². The molecule has 15 heavy (non-hydrogen) atoms. The maximum Gasteiger partial charge on any atom is 0.219 e. The lowest BCUT2D eigenvalue weighted by Gasteiger charge is -2.02. The Kier molecular flexibility index (Phi) is 4.83. The molecule has 1 amide bonds. The third-order valence-electron chi connectivity index (χ3n) is 2.12. The van der Waals surface area contributed by atoms with E-state index < -0.39 is 0 Å². The van der Waals surface area contributed by atoms with Crippen molar-refractivity contribution in [1.82, 2.24) is 20.4 Å². The number of hydrogen-bond donors (Lipinski definition) is 2. The molecule has 0 spiro atoms. The van der Waals surface area contributed by atoms with E-state index in [9.17, 15) is 4.79 Å². The van der Waals surface area contributed by atoms with Crippen molar-refractivity contribution in [2.24, 2.45) is 7.05 Å². The molecule has 0 saturated heterocycles. The van der Waals surface area contributed by atoms with Gasteiger partial charge in [0.15, 0.2) is 0 Å². The molecule has 5 nitrogen and oxygen atoms in total. The molecule has 1 aromatic heterocycles. The number of hydrogen-bond acceptors (Lipinski definition) is 3. The lowest BCUT2D eigenvalue weighted by atomic mass is 10.3. The largest absolute Gasteiger partial charge is 0.359 e. The van der Waals surface area contributed by atoms with Gasteiger partial charge in [0.2, 0.25) is 5.91 Å². The fourth-order valence-corrected chi connectivity index (χ4v) is 1.29. The number of nitrogens with one attached hydrogen (secondary N) is 2. The van der Waals surface area contributed by atoms with Crippen molar-refractivity contribution < 1.29 is 4.79 Å². The summed E-state index contributed by atoms with van der Waals surface area (Å²) in [5.74, 6) is 0.0955. The van der Waals surface area contributed by atoms with Crippen LogP contribution in [0.2, 0.25) is 0 Å². The van der Waals surface area contributed by atoms with Gasteiger partial charge in [-0.25, -0.2) is 0 Å². The standard InChI is InChI=1S/C10H18N4O/c1-11-10(15)4-3-5-12-6-9-7-13-14(2)8-9/h7-8,12H,3-6H2,1-2H3,(H,11,15). The van der Waals surface area contributed by atoms with E-state index in [1.54, 1.807) is 11.7 Å². The maximum atomic E-state index is 10.9. The summed E-state index contributed by atoms with van der Waals surface area (Å²) < 4.78 is 1.78. The number of amides is 1. The highest BCUT2D eigenvalue weighted by Crippen LogP contribution is 1.95. The van der Waals surface area contributed by atoms with E-state index >= 15 is 0 Å². The van der Waals surface area contributed by atoms with Gasteiger partial charge in [0.1, 0.15) is 0 Å². The fourth-order valence-electron chi connectivity index (χ4n) is 1.29. The average Bonchev–Trinajstić information content (AvgIpc) is 2.63. The van der Waals surface area contributed by atoms with Crippen LogP contribution in [-0.4, -0.2) is 29.3 Å². The maximum absolute atomic E-state index is 10.9. The Morgan fingerprint density at radius 2 is 2.40 bits per heavy atom. The summed E-state index contributed by atoms with van der Waals surface area (Å²) in [4.78, 5) is 10.9. The summed E-state index contributed by atoms with van der Waals surface area (Å²) in [6.45, 7) is 1.66. The minimum Gasteiger partial charge on any atom is -0.359 e. The average molecular weight is 210 g/mol. The monoisotopic (exact) mass is 210 g/mol. The summed E-state index contributed by atoms with van der Waals surface area (Å²) in [6.07, 6.45) is 5.26. The third-order valence-corrected chi connectivity index (χ3v) is 2.12. The Balaban J connectivity index is 2.05. The molecule has 84 valence electrons. The van der Waals surface area contributed by atoms with Crippen molar-refractivity contribution >= 4 is 5.91 Å². The second-order valence-electron chi connectivity index (χ2n) is 3.48. The highest BCUT2D eigenvalue weighted by molar-refractivity contribution is 5.75. The van der Waals surface area contributed by atoms with Crippen molar-refractivity contribution in [3.05, 3.63) is 18.0 Å². The zero-order chi connectivity index (χ0) is 11.1. The molecular weight excluding hydrogens is 192 g/mol. The van der Waals surface area contributed by atoms with Crippen LogP contribution in [0.5, 0.6) is 0 Å². The predicted molar refractivity (Wildman–Crippen MR) is 58.2 cm³/mol. The molecule has 0 aliphatic rings. The summed E-state index contributed by atoms with van der Waals surface area (Å²) in [7, 11) is 3.56. The minimum absolute atomic E-state index is 0.0955. The smallest absolute Gasteiger partial charge is 0.219 e. The van der Waals surface area contributed by atoms with E-state index in [1.165, 1.54) is 0 Å². The molecule has 0 aliphatic carbocycles. The van der Waals surface area contributed by atoms with Crippen molar-refractivity contribution in [3.8, 4) is 0 Å². The van der Waals surface area contributed by atoms with Crippen molar-refractivity contribution in [3.63, 3.8) is 0 Å². The van der Waals surface area contributed by atoms with Crippen LogP contribution < -0.4 is 10.6 Å². The summed E-state index contributed by atoms with van der Waals surface area (Å²) in [6, 6.07) is 0. The molecule has 0 unspecified atom stereocenters. The number of rotatable bonds is 6. The zero-order valence-electron chi connectivity index (χ0n) is 9.29. The van der Waals surface area contributed by atoms with Crippen LogP contribution in [0.4, 0.5) is 0 Å².